The van der Waals surface area contributed by atoms with Crippen molar-refractivity contribution >= 4 is 11.9 Å². The van der Waals surface area contributed by atoms with Crippen molar-refractivity contribution in [2.45, 2.75) is 6.04 Å². The van der Waals surface area contributed by atoms with E-state index in [1.165, 1.54) is 32.4 Å². The van der Waals surface area contributed by atoms with Crippen molar-refractivity contribution in [3.05, 3.63) is 23.8 Å². The highest BCUT2D eigenvalue weighted by Crippen LogP contribution is 2.26. The van der Waals surface area contributed by atoms with Crippen LogP contribution in [0.15, 0.2) is 18.2 Å². The molecule has 0 bridgehead atoms. The molecular weight excluding hydrogens is 254 g/mol. The molecule has 1 rings (SSSR count). The van der Waals surface area contributed by atoms with Crippen LogP contribution in [0.5, 0.6) is 11.5 Å². The van der Waals surface area contributed by atoms with Crippen LogP contribution in [0.25, 0.3) is 0 Å². The average Bonchev–Trinajstić information content (AvgIpc) is 2.37. The van der Waals surface area contributed by atoms with Crippen LogP contribution in [0.3, 0.4) is 0 Å². The van der Waals surface area contributed by atoms with Crippen molar-refractivity contribution in [2.75, 3.05) is 20.8 Å². The second-order valence-corrected chi connectivity index (χ2v) is 3.71. The lowest BCUT2D eigenvalue weighted by atomic mass is 10.1. The first-order valence-corrected chi connectivity index (χ1v) is 5.39. The molecule has 1 atom stereocenters. The number of aromatic hydroxyl groups is 1. The van der Waals surface area contributed by atoms with E-state index in [4.69, 9.17) is 14.6 Å². The van der Waals surface area contributed by atoms with Crippen molar-refractivity contribution in [2.24, 2.45) is 0 Å². The zero-order valence-electron chi connectivity index (χ0n) is 10.5. The van der Waals surface area contributed by atoms with Crippen molar-refractivity contribution in [3.63, 3.8) is 0 Å². The summed E-state index contributed by atoms with van der Waals surface area (Å²) < 4.78 is 9.54. The highest BCUT2D eigenvalue weighted by molar-refractivity contribution is 5.97. The third-order valence-electron chi connectivity index (χ3n) is 2.38. The van der Waals surface area contributed by atoms with Gasteiger partial charge >= 0.3 is 5.97 Å². The number of amides is 1. The number of methoxy groups -OCH3 is 2. The van der Waals surface area contributed by atoms with Crippen molar-refractivity contribution < 1.29 is 29.3 Å². The summed E-state index contributed by atoms with van der Waals surface area (Å²) >= 11 is 0. The molecule has 1 amide bonds. The van der Waals surface area contributed by atoms with E-state index in [0.29, 0.717) is 0 Å². The van der Waals surface area contributed by atoms with Crippen LogP contribution in [-0.2, 0) is 9.53 Å². The Balaban J connectivity index is 2.82. The van der Waals surface area contributed by atoms with Crippen molar-refractivity contribution in [3.8, 4) is 11.5 Å². The fourth-order valence-electron chi connectivity index (χ4n) is 1.41. The van der Waals surface area contributed by atoms with Crippen molar-refractivity contribution in [1.29, 1.82) is 0 Å². The fourth-order valence-corrected chi connectivity index (χ4v) is 1.41. The molecule has 0 spiro atoms. The van der Waals surface area contributed by atoms with Gasteiger partial charge in [-0.3, -0.25) is 4.79 Å². The quantitative estimate of drug-likeness (QED) is 0.682. The summed E-state index contributed by atoms with van der Waals surface area (Å²) in [6.07, 6.45) is 0. The average molecular weight is 269 g/mol. The van der Waals surface area contributed by atoms with E-state index in [1.54, 1.807) is 0 Å². The summed E-state index contributed by atoms with van der Waals surface area (Å²) in [5.74, 6) is -1.80. The molecule has 0 saturated carbocycles. The van der Waals surface area contributed by atoms with Gasteiger partial charge in [-0.15, -0.1) is 0 Å². The van der Waals surface area contributed by atoms with Crippen LogP contribution in [0, 0.1) is 0 Å². The largest absolute Gasteiger partial charge is 0.504 e. The lowest BCUT2D eigenvalue weighted by Crippen LogP contribution is -2.43. The van der Waals surface area contributed by atoms with E-state index in [0.717, 1.165) is 0 Å². The third kappa shape index (κ3) is 3.85. The van der Waals surface area contributed by atoms with E-state index >= 15 is 0 Å². The second kappa shape index (κ2) is 6.60. The van der Waals surface area contributed by atoms with Crippen LogP contribution < -0.4 is 10.1 Å². The number of hydrogen-bond acceptors (Lipinski definition) is 5. The Morgan fingerprint density at radius 3 is 2.53 bits per heavy atom. The number of carboxylic acid groups (broad SMARTS) is 1. The summed E-state index contributed by atoms with van der Waals surface area (Å²) in [4.78, 5) is 22.7. The Morgan fingerprint density at radius 2 is 2.05 bits per heavy atom. The molecule has 1 unspecified atom stereocenters. The molecule has 1 aromatic carbocycles. The van der Waals surface area contributed by atoms with Crippen LogP contribution in [-0.4, -0.2) is 49.0 Å². The number of phenolic OH excluding ortho intramolecular Hbond substituents is 1. The number of carbonyl (C=O) groups excluding carboxylic acids is 1. The van der Waals surface area contributed by atoms with Gasteiger partial charge in [0.1, 0.15) is 0 Å². The molecule has 0 aromatic heterocycles. The Kier molecular flexibility index (Phi) is 5.13. The Hall–Kier alpha value is -2.28. The molecule has 104 valence electrons. The summed E-state index contributed by atoms with van der Waals surface area (Å²) in [5.41, 5.74) is 0.126. The highest BCUT2D eigenvalue weighted by Gasteiger charge is 2.21. The maximum absolute atomic E-state index is 11.8. The molecule has 7 heteroatoms. The number of carbonyl (C=O) groups is 2. The van der Waals surface area contributed by atoms with Gasteiger partial charge in [0.2, 0.25) is 0 Å². The molecule has 0 aliphatic carbocycles. The minimum Gasteiger partial charge on any atom is -0.504 e. The molecule has 0 aliphatic rings. The maximum atomic E-state index is 11.8. The van der Waals surface area contributed by atoms with E-state index in [-0.39, 0.29) is 23.7 Å². The van der Waals surface area contributed by atoms with Gasteiger partial charge in [0.15, 0.2) is 17.5 Å². The van der Waals surface area contributed by atoms with Gasteiger partial charge in [0.05, 0.1) is 13.7 Å². The number of benzene rings is 1. The lowest BCUT2D eigenvalue weighted by Gasteiger charge is -2.13. The van der Waals surface area contributed by atoms with Crippen LogP contribution in [0.4, 0.5) is 0 Å². The molecule has 1 aromatic rings. The zero-order chi connectivity index (χ0) is 14.4. The predicted octanol–water partition coefficient (Wildman–Crippen LogP) is 0.230. The topological polar surface area (TPSA) is 105 Å². The number of nitrogens with one attached hydrogen (secondary N) is 1. The number of carboxylic acids is 1. The van der Waals surface area contributed by atoms with E-state index in [1.807, 2.05) is 0 Å². The smallest absolute Gasteiger partial charge is 0.328 e. The molecule has 0 heterocycles. The minimum atomic E-state index is -1.20. The zero-order valence-corrected chi connectivity index (χ0v) is 10.5. The van der Waals surface area contributed by atoms with E-state index < -0.39 is 17.9 Å². The summed E-state index contributed by atoms with van der Waals surface area (Å²) in [5, 5.41) is 20.7. The van der Waals surface area contributed by atoms with Crippen LogP contribution in [0.2, 0.25) is 0 Å². The minimum absolute atomic E-state index is 0.126. The lowest BCUT2D eigenvalue weighted by molar-refractivity contribution is -0.140. The first-order chi connectivity index (χ1) is 8.99. The molecule has 0 fully saturated rings. The molecule has 19 heavy (non-hydrogen) atoms. The molecule has 0 saturated heterocycles. The SMILES string of the molecule is COCC(NC(=O)c1ccc(OC)c(O)c1)C(=O)O. The number of ether oxygens (including phenoxy) is 2. The first-order valence-electron chi connectivity index (χ1n) is 5.39. The number of rotatable bonds is 6. The standard InChI is InChI=1S/C12H15NO6/c1-18-6-8(12(16)17)13-11(15)7-3-4-10(19-2)9(14)5-7/h3-5,8,14H,6H2,1-2H3,(H,13,15)(H,16,17). The normalized spacial score (nSPS) is 11.7. The molecule has 0 radical (unpaired) electrons. The van der Waals surface area contributed by atoms with Gasteiger partial charge in [-0.25, -0.2) is 4.79 Å². The molecule has 7 nitrogen and oxygen atoms in total. The van der Waals surface area contributed by atoms with Gasteiger partial charge in [0, 0.05) is 12.7 Å². The Morgan fingerprint density at radius 1 is 1.37 bits per heavy atom. The summed E-state index contributed by atoms with van der Waals surface area (Å²) in [6.45, 7) is -0.150. The molecule has 0 aliphatic heterocycles. The fraction of sp³-hybridized carbons (Fsp3) is 0.333. The monoisotopic (exact) mass is 269 g/mol. The van der Waals surface area contributed by atoms with Gasteiger partial charge in [0.25, 0.3) is 5.91 Å². The number of aliphatic carboxylic acids is 1. The molecule has 3 N–H and O–H groups in total. The Labute approximate surface area is 109 Å². The highest BCUT2D eigenvalue weighted by atomic mass is 16.5. The van der Waals surface area contributed by atoms with Gasteiger partial charge in [-0.05, 0) is 18.2 Å². The predicted molar refractivity (Wildman–Crippen MR) is 65.4 cm³/mol. The van der Waals surface area contributed by atoms with Crippen LogP contribution >= 0.6 is 0 Å². The maximum Gasteiger partial charge on any atom is 0.328 e. The van der Waals surface area contributed by atoms with Gasteiger partial charge < -0.3 is 25.0 Å². The number of hydrogen-bond donors (Lipinski definition) is 3. The summed E-state index contributed by atoms with van der Waals surface area (Å²) in [6, 6.07) is 2.87. The van der Waals surface area contributed by atoms with E-state index in [2.05, 4.69) is 5.32 Å². The van der Waals surface area contributed by atoms with Crippen LogP contribution in [0.1, 0.15) is 10.4 Å². The Bertz CT molecular complexity index is 473. The summed E-state index contributed by atoms with van der Waals surface area (Å²) in [7, 11) is 2.72. The number of phenols is 1. The van der Waals surface area contributed by atoms with E-state index in [9.17, 15) is 14.7 Å². The van der Waals surface area contributed by atoms with Gasteiger partial charge in [-0.2, -0.15) is 0 Å². The molecular formula is C12H15NO6. The first kappa shape index (κ1) is 14.8. The third-order valence-corrected chi connectivity index (χ3v) is 2.38. The van der Waals surface area contributed by atoms with Gasteiger partial charge in [-0.1, -0.05) is 0 Å². The second-order valence-electron chi connectivity index (χ2n) is 3.71. The van der Waals surface area contributed by atoms with Crippen molar-refractivity contribution in [1.82, 2.24) is 5.32 Å².